The molecule has 0 spiro atoms. The molecule has 0 fully saturated rings. The molecule has 0 bridgehead atoms. The Balaban J connectivity index is 1.72. The molecule has 9 heteroatoms. The van der Waals surface area contributed by atoms with Crippen molar-refractivity contribution < 1.29 is 14.3 Å². The standard InChI is InChI=1S/C20H20ClN5O3/c1-11-8-15(9-12(2)16(11)21)29-20-17(22)18(23-10-24-20)25-26-19(27)13-4-6-14(28-3)7-5-13/h4-10H,22H2,1-3H3,(H,26,27)(H,23,24,25). The number of carbonyl (C=O) groups is 1. The van der Waals surface area contributed by atoms with Gasteiger partial charge in [0, 0.05) is 10.6 Å². The van der Waals surface area contributed by atoms with Gasteiger partial charge in [-0.3, -0.25) is 15.6 Å². The Morgan fingerprint density at radius 2 is 1.72 bits per heavy atom. The van der Waals surface area contributed by atoms with Crippen LogP contribution in [0.3, 0.4) is 0 Å². The highest BCUT2D eigenvalue weighted by atomic mass is 35.5. The molecule has 0 unspecified atom stereocenters. The van der Waals surface area contributed by atoms with Gasteiger partial charge < -0.3 is 15.2 Å². The molecule has 0 atom stereocenters. The van der Waals surface area contributed by atoms with Crippen LogP contribution in [-0.2, 0) is 0 Å². The van der Waals surface area contributed by atoms with E-state index in [4.69, 9.17) is 26.8 Å². The minimum atomic E-state index is -0.364. The van der Waals surface area contributed by atoms with E-state index >= 15 is 0 Å². The maximum Gasteiger partial charge on any atom is 0.269 e. The molecule has 0 aliphatic heterocycles. The number of hydrogen-bond acceptors (Lipinski definition) is 7. The second-order valence-corrected chi connectivity index (χ2v) is 6.60. The number of benzene rings is 2. The van der Waals surface area contributed by atoms with Crippen molar-refractivity contribution in [3.8, 4) is 17.4 Å². The summed E-state index contributed by atoms with van der Waals surface area (Å²) in [6, 6.07) is 10.2. The number of methoxy groups -OCH3 is 1. The monoisotopic (exact) mass is 413 g/mol. The van der Waals surface area contributed by atoms with E-state index in [-0.39, 0.29) is 23.3 Å². The van der Waals surface area contributed by atoms with Gasteiger partial charge in [0.15, 0.2) is 5.82 Å². The number of aromatic nitrogens is 2. The van der Waals surface area contributed by atoms with E-state index in [1.54, 1.807) is 43.5 Å². The Hall–Kier alpha value is -3.52. The van der Waals surface area contributed by atoms with E-state index in [0.717, 1.165) is 11.1 Å². The molecule has 0 saturated carbocycles. The fourth-order valence-electron chi connectivity index (χ4n) is 2.57. The molecule has 3 rings (SSSR count). The first-order valence-corrected chi connectivity index (χ1v) is 9.02. The Bertz CT molecular complexity index is 1020. The molecule has 150 valence electrons. The predicted molar refractivity (Wildman–Crippen MR) is 112 cm³/mol. The van der Waals surface area contributed by atoms with Crippen molar-refractivity contribution >= 4 is 29.0 Å². The summed E-state index contributed by atoms with van der Waals surface area (Å²) in [6.45, 7) is 3.76. The number of carbonyl (C=O) groups excluding carboxylic acids is 1. The van der Waals surface area contributed by atoms with Gasteiger partial charge in [-0.15, -0.1) is 0 Å². The van der Waals surface area contributed by atoms with Crippen molar-refractivity contribution in [2.24, 2.45) is 0 Å². The lowest BCUT2D eigenvalue weighted by atomic mass is 10.1. The topological polar surface area (TPSA) is 111 Å². The van der Waals surface area contributed by atoms with Crippen LogP contribution < -0.4 is 26.1 Å². The van der Waals surface area contributed by atoms with Crippen molar-refractivity contribution in [2.45, 2.75) is 13.8 Å². The fourth-order valence-corrected chi connectivity index (χ4v) is 2.68. The number of nitrogen functional groups attached to an aromatic ring is 1. The Kier molecular flexibility index (Phi) is 6.04. The number of halogens is 1. The molecule has 29 heavy (non-hydrogen) atoms. The first kappa shape index (κ1) is 20.2. The van der Waals surface area contributed by atoms with Gasteiger partial charge >= 0.3 is 0 Å². The SMILES string of the molecule is COc1ccc(C(=O)NNc2ncnc(Oc3cc(C)c(Cl)c(C)c3)c2N)cc1. The molecular formula is C20H20ClN5O3. The highest BCUT2D eigenvalue weighted by Gasteiger charge is 2.13. The van der Waals surface area contributed by atoms with Gasteiger partial charge in [0.1, 0.15) is 23.5 Å². The van der Waals surface area contributed by atoms with Gasteiger partial charge in [0.2, 0.25) is 5.88 Å². The summed E-state index contributed by atoms with van der Waals surface area (Å²) < 4.78 is 10.9. The van der Waals surface area contributed by atoms with Gasteiger partial charge in [-0.1, -0.05) is 11.6 Å². The Morgan fingerprint density at radius 3 is 2.34 bits per heavy atom. The zero-order valence-electron chi connectivity index (χ0n) is 16.1. The summed E-state index contributed by atoms with van der Waals surface area (Å²) in [5.41, 5.74) is 13.7. The predicted octanol–water partition coefficient (Wildman–Crippen LogP) is 3.89. The number of ether oxygens (including phenoxy) is 2. The number of nitrogens with zero attached hydrogens (tertiary/aromatic N) is 2. The van der Waals surface area contributed by atoms with Crippen molar-refractivity contribution in [3.63, 3.8) is 0 Å². The molecule has 1 heterocycles. The number of aryl methyl sites for hydroxylation is 2. The van der Waals surface area contributed by atoms with E-state index in [1.165, 1.54) is 6.33 Å². The highest BCUT2D eigenvalue weighted by molar-refractivity contribution is 6.32. The number of hydrogen-bond donors (Lipinski definition) is 3. The van der Waals surface area contributed by atoms with Crippen molar-refractivity contribution in [1.82, 2.24) is 15.4 Å². The van der Waals surface area contributed by atoms with Gasteiger partial charge in [-0.05, 0) is 61.4 Å². The third kappa shape index (κ3) is 4.67. The van der Waals surface area contributed by atoms with Gasteiger partial charge in [-0.2, -0.15) is 4.98 Å². The largest absolute Gasteiger partial charge is 0.497 e. The number of rotatable bonds is 6. The zero-order valence-corrected chi connectivity index (χ0v) is 16.9. The maximum atomic E-state index is 12.3. The van der Waals surface area contributed by atoms with Crippen LogP contribution in [0.25, 0.3) is 0 Å². The second-order valence-electron chi connectivity index (χ2n) is 6.22. The molecule has 4 N–H and O–H groups in total. The molecule has 0 radical (unpaired) electrons. The van der Waals surface area contributed by atoms with E-state index in [0.29, 0.717) is 22.1 Å². The lowest BCUT2D eigenvalue weighted by Gasteiger charge is -2.13. The van der Waals surface area contributed by atoms with Crippen LogP contribution in [0, 0.1) is 13.8 Å². The summed E-state index contributed by atoms with van der Waals surface area (Å²) in [6.07, 6.45) is 1.28. The van der Waals surface area contributed by atoms with Crippen LogP contribution in [0.5, 0.6) is 17.4 Å². The fraction of sp³-hybridized carbons (Fsp3) is 0.150. The molecule has 2 aromatic carbocycles. The lowest BCUT2D eigenvalue weighted by Crippen LogP contribution is -2.30. The van der Waals surface area contributed by atoms with Crippen LogP contribution in [-0.4, -0.2) is 23.0 Å². The average Bonchev–Trinajstić information content (AvgIpc) is 2.72. The quantitative estimate of drug-likeness (QED) is 0.525. The molecular weight excluding hydrogens is 394 g/mol. The highest BCUT2D eigenvalue weighted by Crippen LogP contribution is 2.32. The maximum absolute atomic E-state index is 12.3. The smallest absolute Gasteiger partial charge is 0.269 e. The first-order valence-electron chi connectivity index (χ1n) is 8.64. The van der Waals surface area contributed by atoms with Crippen LogP contribution in [0.4, 0.5) is 11.5 Å². The normalized spacial score (nSPS) is 10.3. The molecule has 0 aliphatic rings. The van der Waals surface area contributed by atoms with E-state index in [2.05, 4.69) is 20.8 Å². The number of amides is 1. The number of hydrazine groups is 1. The third-order valence-corrected chi connectivity index (χ3v) is 4.71. The summed E-state index contributed by atoms with van der Waals surface area (Å²) in [7, 11) is 1.56. The van der Waals surface area contributed by atoms with Gasteiger partial charge in [0.05, 0.1) is 7.11 Å². The van der Waals surface area contributed by atoms with E-state index in [9.17, 15) is 4.79 Å². The van der Waals surface area contributed by atoms with E-state index in [1.807, 2.05) is 13.8 Å². The minimum Gasteiger partial charge on any atom is -0.497 e. The third-order valence-electron chi connectivity index (χ3n) is 4.12. The lowest BCUT2D eigenvalue weighted by molar-refractivity contribution is 0.0962. The molecule has 1 amide bonds. The van der Waals surface area contributed by atoms with Crippen molar-refractivity contribution in [3.05, 3.63) is 64.4 Å². The van der Waals surface area contributed by atoms with Crippen molar-refractivity contribution in [2.75, 3.05) is 18.3 Å². The molecule has 3 aromatic rings. The summed E-state index contributed by atoms with van der Waals surface area (Å²) in [4.78, 5) is 20.4. The number of nitrogens with one attached hydrogen (secondary N) is 2. The number of anilines is 2. The van der Waals surface area contributed by atoms with Crippen LogP contribution >= 0.6 is 11.6 Å². The Morgan fingerprint density at radius 1 is 1.07 bits per heavy atom. The molecule has 0 aliphatic carbocycles. The second kappa shape index (κ2) is 8.66. The van der Waals surface area contributed by atoms with Crippen LogP contribution in [0.1, 0.15) is 21.5 Å². The first-order chi connectivity index (χ1) is 13.9. The molecule has 1 aromatic heterocycles. The number of nitrogens with two attached hydrogens (primary N) is 1. The van der Waals surface area contributed by atoms with Crippen molar-refractivity contribution in [1.29, 1.82) is 0 Å². The average molecular weight is 414 g/mol. The molecule has 8 nitrogen and oxygen atoms in total. The van der Waals surface area contributed by atoms with Gasteiger partial charge in [-0.25, -0.2) is 4.98 Å². The summed E-state index contributed by atoms with van der Waals surface area (Å²) >= 11 is 6.18. The summed E-state index contributed by atoms with van der Waals surface area (Å²) in [5.74, 6) is 1.20. The zero-order chi connectivity index (χ0) is 21.0. The van der Waals surface area contributed by atoms with E-state index < -0.39 is 0 Å². The summed E-state index contributed by atoms with van der Waals surface area (Å²) in [5, 5.41) is 0.677. The van der Waals surface area contributed by atoms with Crippen LogP contribution in [0.15, 0.2) is 42.7 Å². The molecule has 0 saturated heterocycles. The van der Waals surface area contributed by atoms with Crippen LogP contribution in [0.2, 0.25) is 5.02 Å². The minimum absolute atomic E-state index is 0.146. The van der Waals surface area contributed by atoms with Gasteiger partial charge in [0.25, 0.3) is 5.91 Å². The Labute approximate surface area is 173 Å².